The van der Waals surface area contributed by atoms with E-state index in [0.29, 0.717) is 26.1 Å². The maximum atomic E-state index is 12.1. The van der Waals surface area contributed by atoms with Gasteiger partial charge in [-0.05, 0) is 31.4 Å². The van der Waals surface area contributed by atoms with Gasteiger partial charge in [-0.15, -0.1) is 0 Å². The van der Waals surface area contributed by atoms with Crippen LogP contribution >= 0.6 is 0 Å². The smallest absolute Gasteiger partial charge is 0.302 e. The first-order valence-electron chi connectivity index (χ1n) is 10.3. The van der Waals surface area contributed by atoms with E-state index >= 15 is 0 Å². The summed E-state index contributed by atoms with van der Waals surface area (Å²) < 4.78 is 23.2. The maximum absolute atomic E-state index is 12.1. The zero-order valence-electron chi connectivity index (χ0n) is 17.1. The van der Waals surface area contributed by atoms with Crippen molar-refractivity contribution < 1.29 is 28.5 Å². The summed E-state index contributed by atoms with van der Waals surface area (Å²) >= 11 is 0. The molecule has 1 fully saturated rings. The van der Waals surface area contributed by atoms with Crippen LogP contribution < -0.4 is 0 Å². The van der Waals surface area contributed by atoms with Crippen LogP contribution in [0.1, 0.15) is 45.1 Å². The minimum Gasteiger partial charge on any atom is -0.466 e. The molecule has 1 aromatic carbocycles. The molecular weight excluding hydrogens is 372 g/mol. The number of esters is 1. The second-order valence-corrected chi connectivity index (χ2v) is 7.68. The van der Waals surface area contributed by atoms with Gasteiger partial charge in [-0.25, -0.2) is 0 Å². The van der Waals surface area contributed by atoms with Gasteiger partial charge in [0, 0.05) is 19.8 Å². The molecule has 1 saturated heterocycles. The van der Waals surface area contributed by atoms with Gasteiger partial charge >= 0.3 is 5.97 Å². The summed E-state index contributed by atoms with van der Waals surface area (Å²) in [4.78, 5) is 23.1. The molecule has 0 saturated carbocycles. The molecule has 0 amide bonds. The SMILES string of the molecule is CC(=O)OCCC[C@H]1OC(C[C@H]2OC(C)C=CC2=O)C[C@H]1OCc1ccccc1. The average molecular weight is 402 g/mol. The highest BCUT2D eigenvalue weighted by Gasteiger charge is 2.38. The molecule has 3 rings (SSSR count). The summed E-state index contributed by atoms with van der Waals surface area (Å²) in [6, 6.07) is 10.0. The van der Waals surface area contributed by atoms with Crippen molar-refractivity contribution >= 4 is 11.8 Å². The molecule has 1 aromatic rings. The Labute approximate surface area is 172 Å². The quantitative estimate of drug-likeness (QED) is 0.466. The Morgan fingerprint density at radius 3 is 2.76 bits per heavy atom. The number of hydrogen-bond donors (Lipinski definition) is 0. The summed E-state index contributed by atoms with van der Waals surface area (Å²) in [6.07, 6.45) is 5.29. The van der Waals surface area contributed by atoms with Gasteiger partial charge in [-0.3, -0.25) is 9.59 Å². The highest BCUT2D eigenvalue weighted by Crippen LogP contribution is 2.31. The molecule has 6 nitrogen and oxygen atoms in total. The van der Waals surface area contributed by atoms with Gasteiger partial charge in [0.05, 0.1) is 37.6 Å². The average Bonchev–Trinajstić information content (AvgIpc) is 3.08. The second-order valence-electron chi connectivity index (χ2n) is 7.68. The molecule has 5 atom stereocenters. The van der Waals surface area contributed by atoms with Crippen LogP contribution in [0.3, 0.4) is 0 Å². The van der Waals surface area contributed by atoms with E-state index in [1.54, 1.807) is 12.2 Å². The number of ether oxygens (including phenoxy) is 4. The fraction of sp³-hybridized carbons (Fsp3) is 0.565. The summed E-state index contributed by atoms with van der Waals surface area (Å²) in [5.41, 5.74) is 1.11. The molecular formula is C23H30O6. The molecule has 0 radical (unpaired) electrons. The normalized spacial score (nSPS) is 29.2. The predicted octanol–water partition coefficient (Wildman–Crippen LogP) is 3.38. The third kappa shape index (κ3) is 6.77. The Morgan fingerprint density at radius 2 is 2.00 bits per heavy atom. The fourth-order valence-corrected chi connectivity index (χ4v) is 3.78. The molecule has 0 aliphatic carbocycles. The van der Waals surface area contributed by atoms with Crippen LogP contribution in [0.25, 0.3) is 0 Å². The standard InChI is InChI=1S/C23H30O6/c1-16-10-11-20(25)22(28-16)13-19-14-23(27-15-18-7-4-3-5-8-18)21(29-19)9-6-12-26-17(2)24/h3-5,7-8,10-11,16,19,21-23H,6,9,12-15H2,1-2H3/t16?,19?,21-,22-,23-/m1/s1. The first-order valence-corrected chi connectivity index (χ1v) is 10.3. The monoisotopic (exact) mass is 402 g/mol. The van der Waals surface area contributed by atoms with Crippen LogP contribution in [0.5, 0.6) is 0 Å². The van der Waals surface area contributed by atoms with E-state index in [2.05, 4.69) is 0 Å². The Morgan fingerprint density at radius 1 is 1.21 bits per heavy atom. The fourth-order valence-electron chi connectivity index (χ4n) is 3.78. The molecule has 0 bridgehead atoms. The zero-order chi connectivity index (χ0) is 20.6. The maximum Gasteiger partial charge on any atom is 0.302 e. The van der Waals surface area contributed by atoms with Crippen LogP contribution in [0.15, 0.2) is 42.5 Å². The van der Waals surface area contributed by atoms with Gasteiger partial charge in [0.25, 0.3) is 0 Å². The highest BCUT2D eigenvalue weighted by atomic mass is 16.6. The Hall–Kier alpha value is -2.02. The van der Waals surface area contributed by atoms with Crippen molar-refractivity contribution in [1.82, 2.24) is 0 Å². The number of benzene rings is 1. The number of carbonyl (C=O) groups excluding carboxylic acids is 2. The first-order chi connectivity index (χ1) is 14.0. The third-order valence-electron chi connectivity index (χ3n) is 5.23. The second kappa shape index (κ2) is 10.7. The van der Waals surface area contributed by atoms with E-state index in [1.807, 2.05) is 37.3 Å². The van der Waals surface area contributed by atoms with Crippen molar-refractivity contribution in [3.63, 3.8) is 0 Å². The summed E-state index contributed by atoms with van der Waals surface area (Å²) in [6.45, 7) is 4.22. The van der Waals surface area contributed by atoms with Gasteiger partial charge in [0.2, 0.25) is 0 Å². The van der Waals surface area contributed by atoms with Crippen molar-refractivity contribution in [3.8, 4) is 0 Å². The van der Waals surface area contributed by atoms with E-state index < -0.39 is 6.10 Å². The molecule has 29 heavy (non-hydrogen) atoms. The topological polar surface area (TPSA) is 71.1 Å². The Kier molecular flexibility index (Phi) is 7.98. The summed E-state index contributed by atoms with van der Waals surface area (Å²) in [7, 11) is 0. The molecule has 6 heteroatoms. The molecule has 0 spiro atoms. The molecule has 158 valence electrons. The van der Waals surface area contributed by atoms with Crippen molar-refractivity contribution in [1.29, 1.82) is 0 Å². The third-order valence-corrected chi connectivity index (χ3v) is 5.23. The zero-order valence-corrected chi connectivity index (χ0v) is 17.1. The Balaban J connectivity index is 1.55. The molecule has 2 heterocycles. The van der Waals surface area contributed by atoms with E-state index in [-0.39, 0.29) is 36.2 Å². The predicted molar refractivity (Wildman–Crippen MR) is 107 cm³/mol. The minimum absolute atomic E-state index is 0.00763. The number of carbonyl (C=O) groups is 2. The molecule has 0 N–H and O–H groups in total. The van der Waals surface area contributed by atoms with Crippen LogP contribution in [-0.4, -0.2) is 48.9 Å². The summed E-state index contributed by atoms with van der Waals surface area (Å²) in [5.74, 6) is -0.283. The Bertz CT molecular complexity index is 701. The van der Waals surface area contributed by atoms with E-state index in [0.717, 1.165) is 18.4 Å². The number of rotatable bonds is 9. The van der Waals surface area contributed by atoms with Gasteiger partial charge in [0.15, 0.2) is 5.78 Å². The van der Waals surface area contributed by atoms with Crippen molar-refractivity contribution in [3.05, 3.63) is 48.0 Å². The molecule has 2 aliphatic heterocycles. The number of ketones is 1. The lowest BCUT2D eigenvalue weighted by atomic mass is 10.0. The van der Waals surface area contributed by atoms with E-state index in [4.69, 9.17) is 18.9 Å². The highest BCUT2D eigenvalue weighted by molar-refractivity contribution is 5.94. The van der Waals surface area contributed by atoms with Gasteiger partial charge < -0.3 is 18.9 Å². The molecule has 2 unspecified atom stereocenters. The van der Waals surface area contributed by atoms with Gasteiger partial charge in [-0.2, -0.15) is 0 Å². The molecule has 2 aliphatic rings. The molecule has 0 aromatic heterocycles. The first kappa shape index (κ1) is 21.7. The van der Waals surface area contributed by atoms with Crippen molar-refractivity contribution in [2.45, 2.75) is 76.7 Å². The van der Waals surface area contributed by atoms with E-state index in [1.165, 1.54) is 6.92 Å². The lowest BCUT2D eigenvalue weighted by Crippen LogP contribution is -2.33. The van der Waals surface area contributed by atoms with Crippen LogP contribution in [0.2, 0.25) is 0 Å². The lowest BCUT2D eigenvalue weighted by Gasteiger charge is -2.24. The van der Waals surface area contributed by atoms with Crippen LogP contribution in [-0.2, 0) is 35.1 Å². The lowest BCUT2D eigenvalue weighted by molar-refractivity contribution is -0.141. The number of hydrogen-bond acceptors (Lipinski definition) is 6. The van der Waals surface area contributed by atoms with Crippen LogP contribution in [0.4, 0.5) is 0 Å². The van der Waals surface area contributed by atoms with Crippen molar-refractivity contribution in [2.75, 3.05) is 6.61 Å². The van der Waals surface area contributed by atoms with Gasteiger partial charge in [0.1, 0.15) is 6.10 Å². The van der Waals surface area contributed by atoms with E-state index in [9.17, 15) is 9.59 Å². The minimum atomic E-state index is -0.463. The van der Waals surface area contributed by atoms with Gasteiger partial charge in [-0.1, -0.05) is 36.4 Å². The van der Waals surface area contributed by atoms with Crippen molar-refractivity contribution in [2.24, 2.45) is 0 Å². The van der Waals surface area contributed by atoms with Crippen LogP contribution in [0, 0.1) is 0 Å². The summed E-state index contributed by atoms with van der Waals surface area (Å²) in [5, 5.41) is 0. The largest absolute Gasteiger partial charge is 0.466 e.